The van der Waals surface area contributed by atoms with Gasteiger partial charge < -0.3 is 9.15 Å². The number of aromatic nitrogens is 3. The lowest BCUT2D eigenvalue weighted by Crippen LogP contribution is -2.00. The summed E-state index contributed by atoms with van der Waals surface area (Å²) in [6.45, 7) is 0.574. The van der Waals surface area contributed by atoms with Gasteiger partial charge in [0.1, 0.15) is 11.3 Å². The van der Waals surface area contributed by atoms with Crippen molar-refractivity contribution in [2.24, 2.45) is 0 Å². The lowest BCUT2D eigenvalue weighted by molar-refractivity contribution is 0.307. The number of nitrogens with one attached hydrogen (secondary N) is 1. The molecule has 0 radical (unpaired) electrons. The van der Waals surface area contributed by atoms with Crippen LogP contribution in [-0.4, -0.2) is 21.8 Å². The van der Waals surface area contributed by atoms with Crippen LogP contribution in [0.15, 0.2) is 40.9 Å². The standard InChI is InChI=1S/C14H13N3O2S/c20-14-17-16-12(19-14)7-3-9-18-11-6-1-4-10-5-2-8-15-13(10)11/h1-2,4-6,8H,3,7,9H2,(H,17,20). The fourth-order valence-electron chi connectivity index (χ4n) is 1.97. The van der Waals surface area contributed by atoms with Crippen molar-refractivity contribution in [3.63, 3.8) is 0 Å². The molecule has 0 unspecified atom stereocenters. The van der Waals surface area contributed by atoms with Gasteiger partial charge in [0.25, 0.3) is 4.84 Å². The molecule has 0 saturated carbocycles. The molecule has 20 heavy (non-hydrogen) atoms. The van der Waals surface area contributed by atoms with Gasteiger partial charge in [0.2, 0.25) is 5.89 Å². The summed E-state index contributed by atoms with van der Waals surface area (Å²) in [7, 11) is 0. The van der Waals surface area contributed by atoms with E-state index in [1.807, 2.05) is 30.3 Å². The summed E-state index contributed by atoms with van der Waals surface area (Å²) in [6, 6.07) is 9.84. The molecule has 0 spiro atoms. The Balaban J connectivity index is 1.61. The minimum Gasteiger partial charge on any atom is -0.491 e. The van der Waals surface area contributed by atoms with Gasteiger partial charge in [-0.2, -0.15) is 0 Å². The fourth-order valence-corrected chi connectivity index (χ4v) is 2.11. The number of para-hydroxylation sites is 1. The number of hydrogen-bond donors (Lipinski definition) is 1. The number of rotatable bonds is 5. The number of hydrogen-bond acceptors (Lipinski definition) is 5. The van der Waals surface area contributed by atoms with E-state index in [0.29, 0.717) is 23.8 Å². The van der Waals surface area contributed by atoms with E-state index in [-0.39, 0.29) is 0 Å². The van der Waals surface area contributed by atoms with Crippen LogP contribution in [0.5, 0.6) is 5.75 Å². The van der Waals surface area contributed by atoms with Crippen LogP contribution in [-0.2, 0) is 6.42 Å². The number of fused-ring (bicyclic) bond motifs is 1. The van der Waals surface area contributed by atoms with Gasteiger partial charge in [-0.05, 0) is 30.8 Å². The van der Waals surface area contributed by atoms with Gasteiger partial charge in [-0.25, -0.2) is 5.10 Å². The maximum atomic E-state index is 5.78. The van der Waals surface area contributed by atoms with E-state index in [0.717, 1.165) is 23.1 Å². The van der Waals surface area contributed by atoms with E-state index >= 15 is 0 Å². The molecular weight excluding hydrogens is 274 g/mol. The molecule has 6 heteroatoms. The van der Waals surface area contributed by atoms with Crippen LogP contribution in [0.3, 0.4) is 0 Å². The lowest BCUT2D eigenvalue weighted by Gasteiger charge is -2.07. The van der Waals surface area contributed by atoms with Gasteiger partial charge in [-0.1, -0.05) is 18.2 Å². The highest BCUT2D eigenvalue weighted by Crippen LogP contribution is 2.23. The second-order valence-electron chi connectivity index (χ2n) is 4.29. The molecule has 102 valence electrons. The van der Waals surface area contributed by atoms with Crippen molar-refractivity contribution in [1.29, 1.82) is 0 Å². The quantitative estimate of drug-likeness (QED) is 0.576. The second-order valence-corrected chi connectivity index (χ2v) is 4.66. The zero-order valence-electron chi connectivity index (χ0n) is 10.7. The SMILES string of the molecule is S=c1[nH]nc(CCCOc2cccc3cccnc23)o1. The molecule has 0 aliphatic carbocycles. The minimum atomic E-state index is 0.305. The summed E-state index contributed by atoms with van der Waals surface area (Å²) in [5.41, 5.74) is 0.882. The van der Waals surface area contributed by atoms with Gasteiger partial charge in [0.15, 0.2) is 0 Å². The molecule has 0 amide bonds. The van der Waals surface area contributed by atoms with Gasteiger partial charge in [-0.15, -0.1) is 5.10 Å². The number of pyridine rings is 1. The summed E-state index contributed by atoms with van der Waals surface area (Å²) in [5.74, 6) is 1.40. The molecule has 3 aromatic rings. The molecule has 1 aromatic carbocycles. The lowest BCUT2D eigenvalue weighted by atomic mass is 10.2. The molecule has 1 N–H and O–H groups in total. The molecule has 0 saturated heterocycles. The van der Waals surface area contributed by atoms with Gasteiger partial charge in [-0.3, -0.25) is 4.98 Å². The van der Waals surface area contributed by atoms with Gasteiger partial charge in [0.05, 0.1) is 6.61 Å². The number of nitrogens with zero attached hydrogens (tertiary/aromatic N) is 2. The summed E-state index contributed by atoms with van der Waals surface area (Å²) < 4.78 is 11.0. The van der Waals surface area contributed by atoms with Crippen LogP contribution < -0.4 is 4.74 Å². The Bertz CT molecular complexity index is 761. The van der Waals surface area contributed by atoms with Crippen LogP contribution in [0.25, 0.3) is 10.9 Å². The largest absolute Gasteiger partial charge is 0.491 e. The molecule has 0 bridgehead atoms. The Labute approximate surface area is 120 Å². The topological polar surface area (TPSA) is 63.9 Å². The third kappa shape index (κ3) is 2.85. The normalized spacial score (nSPS) is 10.8. The van der Waals surface area contributed by atoms with Crippen molar-refractivity contribution in [3.8, 4) is 5.75 Å². The molecular formula is C14H13N3O2S. The molecule has 3 rings (SSSR count). The first-order valence-electron chi connectivity index (χ1n) is 6.34. The van der Waals surface area contributed by atoms with Crippen LogP contribution in [0, 0.1) is 4.84 Å². The van der Waals surface area contributed by atoms with Crippen LogP contribution in [0.1, 0.15) is 12.3 Å². The van der Waals surface area contributed by atoms with E-state index in [1.54, 1.807) is 6.20 Å². The van der Waals surface area contributed by atoms with Crippen LogP contribution >= 0.6 is 12.2 Å². The Hall–Kier alpha value is -2.21. The van der Waals surface area contributed by atoms with E-state index < -0.39 is 0 Å². The average molecular weight is 287 g/mol. The number of benzene rings is 1. The molecule has 2 aromatic heterocycles. The Morgan fingerprint density at radius 1 is 1.25 bits per heavy atom. The summed E-state index contributed by atoms with van der Waals surface area (Å²) in [6.07, 6.45) is 3.25. The number of H-pyrrole nitrogens is 1. The van der Waals surface area contributed by atoms with E-state index in [2.05, 4.69) is 15.2 Å². The smallest absolute Gasteiger partial charge is 0.284 e. The van der Waals surface area contributed by atoms with Crippen molar-refractivity contribution in [1.82, 2.24) is 15.2 Å². The zero-order valence-corrected chi connectivity index (χ0v) is 11.5. The highest BCUT2D eigenvalue weighted by molar-refractivity contribution is 7.71. The Kier molecular flexibility index (Phi) is 3.73. The number of aromatic amines is 1. The maximum Gasteiger partial charge on any atom is 0.284 e. The van der Waals surface area contributed by atoms with Crippen molar-refractivity contribution < 1.29 is 9.15 Å². The van der Waals surface area contributed by atoms with E-state index in [4.69, 9.17) is 21.4 Å². The van der Waals surface area contributed by atoms with Crippen LogP contribution in [0.4, 0.5) is 0 Å². The summed E-state index contributed by atoms with van der Waals surface area (Å²) in [4.78, 5) is 4.65. The number of ether oxygens (including phenoxy) is 1. The third-order valence-corrected chi connectivity index (χ3v) is 3.05. The highest BCUT2D eigenvalue weighted by Gasteiger charge is 2.03. The van der Waals surface area contributed by atoms with Gasteiger partial charge in [0, 0.05) is 18.0 Å². The van der Waals surface area contributed by atoms with Crippen molar-refractivity contribution in [3.05, 3.63) is 47.3 Å². The summed E-state index contributed by atoms with van der Waals surface area (Å²) >= 11 is 4.82. The maximum absolute atomic E-state index is 5.78. The second kappa shape index (κ2) is 5.83. The highest BCUT2D eigenvalue weighted by atomic mass is 32.1. The molecule has 2 heterocycles. The van der Waals surface area contributed by atoms with Crippen LogP contribution in [0.2, 0.25) is 0 Å². The van der Waals surface area contributed by atoms with Crippen molar-refractivity contribution in [2.45, 2.75) is 12.8 Å². The number of aryl methyl sites for hydroxylation is 1. The fraction of sp³-hybridized carbons (Fsp3) is 0.214. The van der Waals surface area contributed by atoms with Crippen molar-refractivity contribution >= 4 is 23.1 Å². The minimum absolute atomic E-state index is 0.305. The molecule has 0 aliphatic rings. The molecule has 0 aliphatic heterocycles. The Morgan fingerprint density at radius 3 is 3.00 bits per heavy atom. The van der Waals surface area contributed by atoms with E-state index in [1.165, 1.54) is 0 Å². The third-order valence-electron chi connectivity index (χ3n) is 2.87. The first-order valence-corrected chi connectivity index (χ1v) is 6.75. The molecule has 5 nitrogen and oxygen atoms in total. The predicted molar refractivity (Wildman–Crippen MR) is 77.2 cm³/mol. The monoisotopic (exact) mass is 287 g/mol. The summed E-state index contributed by atoms with van der Waals surface area (Å²) in [5, 5.41) is 7.62. The van der Waals surface area contributed by atoms with E-state index in [9.17, 15) is 0 Å². The molecule has 0 fully saturated rings. The first-order chi connectivity index (χ1) is 9.83. The predicted octanol–water partition coefficient (Wildman–Crippen LogP) is 3.29. The first kappa shape index (κ1) is 12.8. The molecule has 0 atom stereocenters. The average Bonchev–Trinajstić information content (AvgIpc) is 2.89. The Morgan fingerprint density at radius 2 is 2.15 bits per heavy atom. The van der Waals surface area contributed by atoms with Gasteiger partial charge >= 0.3 is 0 Å². The zero-order chi connectivity index (χ0) is 13.8. The van der Waals surface area contributed by atoms with Crippen molar-refractivity contribution in [2.75, 3.05) is 6.61 Å².